The van der Waals surface area contributed by atoms with Crippen LogP contribution in [0.25, 0.3) is 0 Å². The smallest absolute Gasteiger partial charge is 0.303 e. The zero-order chi connectivity index (χ0) is 34.8. The van der Waals surface area contributed by atoms with Crippen molar-refractivity contribution in [3.05, 3.63) is 0 Å². The molecule has 8 heteroatoms. The monoisotopic (exact) mass is 658 g/mol. The molecule has 5 aliphatic rings. The van der Waals surface area contributed by atoms with E-state index in [-0.39, 0.29) is 75.2 Å². The largest absolute Gasteiger partial charge is 0.459 e. The lowest BCUT2D eigenvalue weighted by Gasteiger charge is -2.62. The highest BCUT2D eigenvalue weighted by Crippen LogP contribution is 2.88. The van der Waals surface area contributed by atoms with Crippen LogP contribution in [0.5, 0.6) is 0 Å². The van der Waals surface area contributed by atoms with E-state index >= 15 is 0 Å². The molecule has 0 aromatic heterocycles. The van der Waals surface area contributed by atoms with Crippen molar-refractivity contribution in [3.8, 4) is 0 Å². The maximum atomic E-state index is 14.5. The lowest BCUT2D eigenvalue weighted by Crippen LogP contribution is -2.59. The number of rotatable bonds is 14. The van der Waals surface area contributed by atoms with Gasteiger partial charge in [0.2, 0.25) is 6.29 Å². The molecule has 0 aromatic carbocycles. The molecule has 2 unspecified atom stereocenters. The third-order valence-corrected chi connectivity index (χ3v) is 15.6. The number of ether oxygens (including phenoxy) is 4. The fraction of sp³-hybridized carbons (Fsp3) is 0.897. The van der Waals surface area contributed by atoms with Gasteiger partial charge in [0.05, 0.1) is 12.2 Å². The Morgan fingerprint density at radius 2 is 1.68 bits per heavy atom. The molecule has 266 valence electrons. The Hall–Kier alpha value is -1.64. The number of methoxy groups -OCH3 is 1. The third-order valence-electron chi connectivity index (χ3n) is 15.6. The summed E-state index contributed by atoms with van der Waals surface area (Å²) in [6.45, 7) is 19.3. The first-order chi connectivity index (χ1) is 22.0. The van der Waals surface area contributed by atoms with Gasteiger partial charge in [0.15, 0.2) is 6.29 Å². The number of aldehydes is 2. The average Bonchev–Trinajstić information content (AvgIpc) is 3.64. The Morgan fingerprint density at radius 3 is 2.28 bits per heavy atom. The van der Waals surface area contributed by atoms with Crippen molar-refractivity contribution >= 4 is 24.3 Å². The second-order valence-corrected chi connectivity index (χ2v) is 17.9. The van der Waals surface area contributed by atoms with Crippen molar-refractivity contribution in [1.29, 1.82) is 0 Å². The highest BCUT2D eigenvalue weighted by Gasteiger charge is 2.83. The van der Waals surface area contributed by atoms with E-state index in [0.29, 0.717) is 36.6 Å². The maximum Gasteiger partial charge on any atom is 0.303 e. The zero-order valence-electron chi connectivity index (χ0n) is 30.8. The lowest BCUT2D eigenvalue weighted by atomic mass is 9.41. The molecular formula is C39H62O8. The van der Waals surface area contributed by atoms with E-state index in [1.165, 1.54) is 13.3 Å². The van der Waals surface area contributed by atoms with Gasteiger partial charge in [0.1, 0.15) is 24.8 Å². The summed E-state index contributed by atoms with van der Waals surface area (Å²) in [6, 6.07) is 0. The maximum absolute atomic E-state index is 14.5. The van der Waals surface area contributed by atoms with E-state index in [1.807, 2.05) is 0 Å². The first kappa shape index (κ1) is 36.6. The molecule has 0 heterocycles. The molecule has 0 N–H and O–H groups in total. The molecule has 5 rings (SSSR count). The number of hydrogen-bond donors (Lipinski definition) is 0. The van der Waals surface area contributed by atoms with Crippen molar-refractivity contribution in [2.75, 3.05) is 13.7 Å². The summed E-state index contributed by atoms with van der Waals surface area (Å²) in [6.07, 6.45) is 9.15. The van der Waals surface area contributed by atoms with E-state index in [0.717, 1.165) is 51.4 Å². The van der Waals surface area contributed by atoms with E-state index in [9.17, 15) is 19.2 Å². The van der Waals surface area contributed by atoms with Gasteiger partial charge >= 0.3 is 5.97 Å². The minimum absolute atomic E-state index is 0.103. The van der Waals surface area contributed by atoms with Crippen molar-refractivity contribution in [2.45, 2.75) is 151 Å². The first-order valence-corrected chi connectivity index (χ1v) is 18.3. The summed E-state index contributed by atoms with van der Waals surface area (Å²) in [5.74, 6) is 1.46. The highest BCUT2D eigenvalue weighted by molar-refractivity contribution is 5.89. The summed E-state index contributed by atoms with van der Waals surface area (Å²) < 4.78 is 23.6. The summed E-state index contributed by atoms with van der Waals surface area (Å²) in [4.78, 5) is 49.2. The van der Waals surface area contributed by atoms with Crippen LogP contribution in [-0.4, -0.2) is 62.6 Å². The van der Waals surface area contributed by atoms with Gasteiger partial charge in [0, 0.05) is 31.3 Å². The van der Waals surface area contributed by atoms with Gasteiger partial charge in [-0.1, -0.05) is 55.4 Å². The van der Waals surface area contributed by atoms with Crippen LogP contribution in [-0.2, 0) is 38.1 Å². The molecule has 0 bridgehead atoms. The molecule has 0 aromatic rings. The number of carbonyl (C=O) groups is 4. The molecule has 0 radical (unpaired) electrons. The predicted molar refractivity (Wildman–Crippen MR) is 178 cm³/mol. The van der Waals surface area contributed by atoms with Crippen molar-refractivity contribution in [2.24, 2.45) is 56.2 Å². The molecule has 12 atom stereocenters. The highest BCUT2D eigenvalue weighted by atomic mass is 16.7. The van der Waals surface area contributed by atoms with E-state index in [1.54, 1.807) is 7.11 Å². The normalized spacial score (nSPS) is 41.3. The second kappa shape index (κ2) is 12.6. The molecule has 8 nitrogen and oxygen atoms in total. The molecule has 47 heavy (non-hydrogen) atoms. The molecule has 5 fully saturated rings. The molecule has 0 saturated heterocycles. The van der Waals surface area contributed by atoms with Gasteiger partial charge in [-0.3, -0.25) is 14.4 Å². The van der Waals surface area contributed by atoms with Crippen LogP contribution in [0.2, 0.25) is 0 Å². The lowest BCUT2D eigenvalue weighted by molar-refractivity contribution is -0.220. The molecule has 0 amide bonds. The minimum Gasteiger partial charge on any atom is -0.459 e. The fourth-order valence-electron chi connectivity index (χ4n) is 12.6. The second-order valence-electron chi connectivity index (χ2n) is 17.9. The number of carbonyl (C=O) groups excluding carboxylic acids is 4. The Morgan fingerprint density at radius 1 is 1.02 bits per heavy atom. The van der Waals surface area contributed by atoms with Crippen molar-refractivity contribution in [3.63, 3.8) is 0 Å². The fourth-order valence-corrected chi connectivity index (χ4v) is 12.6. The average molecular weight is 659 g/mol. The van der Waals surface area contributed by atoms with Crippen LogP contribution < -0.4 is 0 Å². The van der Waals surface area contributed by atoms with E-state index in [2.05, 4.69) is 55.4 Å². The Balaban J connectivity index is 1.37. The number of esters is 1. The van der Waals surface area contributed by atoms with Gasteiger partial charge < -0.3 is 23.7 Å². The number of hydrogen-bond acceptors (Lipinski definition) is 8. The molecule has 5 aliphatic carbocycles. The SMILES string of the molecule is CCC(C)(C)[C@@H](OC(C)=O)C(C[C@@H](C)[C@H]1CC(=O)[C@@]2(C)C3CC[C@H]4C(C)(C)[C@@H](O[C@@H](C=O)OCC=O)CC[C@@]45C[C@@]35CC[C@]12C)OC. The zero-order valence-corrected chi connectivity index (χ0v) is 30.8. The predicted octanol–water partition coefficient (Wildman–Crippen LogP) is 7.14. The Bertz CT molecular complexity index is 1230. The van der Waals surface area contributed by atoms with E-state index < -0.39 is 6.29 Å². The quantitative estimate of drug-likeness (QED) is 0.110. The number of ketones is 1. The molecule has 2 spiro atoms. The van der Waals surface area contributed by atoms with Crippen LogP contribution in [0.15, 0.2) is 0 Å². The summed E-state index contributed by atoms with van der Waals surface area (Å²) in [7, 11) is 1.72. The van der Waals surface area contributed by atoms with Gasteiger partial charge in [-0.2, -0.15) is 0 Å². The number of fused-ring (bicyclic) bond motifs is 2. The van der Waals surface area contributed by atoms with Crippen molar-refractivity contribution < 1.29 is 38.1 Å². The van der Waals surface area contributed by atoms with Crippen LogP contribution >= 0.6 is 0 Å². The molecule has 0 aliphatic heterocycles. The standard InChI is InChI=1S/C39H62O8/c1-11-34(4,5)33(46-25(3)42)27(44-10)20-24(2)26-21-30(43)37(9)29-13-12-28-35(6,7)31(47-32(22-41)45-19-18-40)14-15-38(28)23-39(29,38)17-16-36(26,37)8/h18,22,24,26-29,31-33H,11-17,19-21,23H2,1-10H3/t24-,26-,27?,28+,29?,31+,32+,33+,36-,37-,38-,39+/m1/s1. The van der Waals surface area contributed by atoms with Gasteiger partial charge in [0.25, 0.3) is 0 Å². The van der Waals surface area contributed by atoms with Crippen LogP contribution in [0, 0.1) is 56.2 Å². The van der Waals surface area contributed by atoms with Crippen molar-refractivity contribution in [1.82, 2.24) is 0 Å². The van der Waals surface area contributed by atoms with Gasteiger partial charge in [-0.05, 0) is 103 Å². The van der Waals surface area contributed by atoms with Crippen LogP contribution in [0.1, 0.15) is 127 Å². The summed E-state index contributed by atoms with van der Waals surface area (Å²) in [5, 5.41) is 0. The van der Waals surface area contributed by atoms with Gasteiger partial charge in [-0.25, -0.2) is 0 Å². The Kier molecular flexibility index (Phi) is 9.82. The summed E-state index contributed by atoms with van der Waals surface area (Å²) >= 11 is 0. The first-order valence-electron chi connectivity index (χ1n) is 18.3. The van der Waals surface area contributed by atoms with E-state index in [4.69, 9.17) is 18.9 Å². The van der Waals surface area contributed by atoms with Crippen LogP contribution in [0.4, 0.5) is 0 Å². The third kappa shape index (κ3) is 5.40. The topological polar surface area (TPSA) is 105 Å². The van der Waals surface area contributed by atoms with Gasteiger partial charge in [-0.15, -0.1) is 0 Å². The Labute approximate surface area is 283 Å². The molecular weight excluding hydrogens is 596 g/mol. The summed E-state index contributed by atoms with van der Waals surface area (Å²) in [5.41, 5.74) is -0.481. The van der Waals surface area contributed by atoms with Crippen LogP contribution in [0.3, 0.4) is 0 Å². The minimum atomic E-state index is -1.03. The molecule has 5 saturated carbocycles. The number of Topliss-reactive ketones (excluding diaryl/α,β-unsaturated/α-hetero) is 1.